The fourth-order valence-corrected chi connectivity index (χ4v) is 1.60. The second kappa shape index (κ2) is 6.25. The smallest absolute Gasteiger partial charge is 0.253 e. The molecule has 0 aliphatic rings. The van der Waals surface area contributed by atoms with E-state index >= 15 is 0 Å². The van der Waals surface area contributed by atoms with Gasteiger partial charge in [0.15, 0.2) is 0 Å². The SMILES string of the molecule is CNCCCN(C)C(=O)c1ccc(O)c(C)c1. The van der Waals surface area contributed by atoms with Gasteiger partial charge in [0.2, 0.25) is 0 Å². The highest BCUT2D eigenvalue weighted by molar-refractivity contribution is 5.94. The van der Waals surface area contributed by atoms with Crippen LogP contribution in [0.15, 0.2) is 18.2 Å². The van der Waals surface area contributed by atoms with E-state index in [1.807, 2.05) is 7.05 Å². The number of rotatable bonds is 5. The van der Waals surface area contributed by atoms with Crippen LogP contribution in [0.4, 0.5) is 0 Å². The van der Waals surface area contributed by atoms with E-state index in [2.05, 4.69) is 5.32 Å². The highest BCUT2D eigenvalue weighted by Gasteiger charge is 2.11. The lowest BCUT2D eigenvalue weighted by Crippen LogP contribution is -2.29. The third kappa shape index (κ3) is 3.75. The molecule has 0 fully saturated rings. The van der Waals surface area contributed by atoms with E-state index in [-0.39, 0.29) is 11.7 Å². The zero-order chi connectivity index (χ0) is 12.8. The number of hydrogen-bond acceptors (Lipinski definition) is 3. The van der Waals surface area contributed by atoms with E-state index in [0.29, 0.717) is 5.56 Å². The summed E-state index contributed by atoms with van der Waals surface area (Å²) in [5.41, 5.74) is 1.34. The van der Waals surface area contributed by atoms with Crippen molar-refractivity contribution in [3.05, 3.63) is 29.3 Å². The van der Waals surface area contributed by atoms with Crippen molar-refractivity contribution in [3.8, 4) is 5.75 Å². The molecule has 0 saturated carbocycles. The van der Waals surface area contributed by atoms with Crippen molar-refractivity contribution >= 4 is 5.91 Å². The van der Waals surface area contributed by atoms with Crippen LogP contribution in [0.5, 0.6) is 5.75 Å². The van der Waals surface area contributed by atoms with Crippen LogP contribution >= 0.6 is 0 Å². The summed E-state index contributed by atoms with van der Waals surface area (Å²) in [6, 6.07) is 4.93. The Kier molecular flexibility index (Phi) is 4.97. The van der Waals surface area contributed by atoms with Gasteiger partial charge in [-0.2, -0.15) is 0 Å². The Labute approximate surface area is 102 Å². The molecule has 0 atom stereocenters. The molecule has 4 nitrogen and oxygen atoms in total. The third-order valence-electron chi connectivity index (χ3n) is 2.71. The fraction of sp³-hybridized carbons (Fsp3) is 0.462. The number of phenolic OH excluding ortho intramolecular Hbond substituents is 1. The van der Waals surface area contributed by atoms with Gasteiger partial charge in [-0.3, -0.25) is 4.79 Å². The molecule has 1 aromatic carbocycles. The van der Waals surface area contributed by atoms with E-state index in [0.717, 1.165) is 25.1 Å². The van der Waals surface area contributed by atoms with Crippen molar-refractivity contribution in [1.29, 1.82) is 0 Å². The molecule has 0 spiro atoms. The Bertz CT molecular complexity index is 391. The molecule has 0 saturated heterocycles. The van der Waals surface area contributed by atoms with Crippen LogP contribution in [-0.2, 0) is 0 Å². The van der Waals surface area contributed by atoms with Crippen molar-refractivity contribution in [3.63, 3.8) is 0 Å². The van der Waals surface area contributed by atoms with Gasteiger partial charge in [-0.1, -0.05) is 0 Å². The molecule has 94 valence electrons. The van der Waals surface area contributed by atoms with E-state index in [9.17, 15) is 9.90 Å². The summed E-state index contributed by atoms with van der Waals surface area (Å²) in [5.74, 6) is 0.212. The number of aromatic hydroxyl groups is 1. The van der Waals surface area contributed by atoms with Crippen molar-refractivity contribution in [2.75, 3.05) is 27.2 Å². The third-order valence-corrected chi connectivity index (χ3v) is 2.71. The van der Waals surface area contributed by atoms with Crippen LogP contribution in [0.25, 0.3) is 0 Å². The average molecular weight is 236 g/mol. The maximum atomic E-state index is 12.0. The second-order valence-electron chi connectivity index (χ2n) is 4.19. The largest absolute Gasteiger partial charge is 0.508 e. The lowest BCUT2D eigenvalue weighted by Gasteiger charge is -2.17. The molecule has 0 aliphatic carbocycles. The minimum atomic E-state index is -0.01000. The van der Waals surface area contributed by atoms with Gasteiger partial charge in [-0.25, -0.2) is 0 Å². The predicted octanol–water partition coefficient (Wildman–Crippen LogP) is 1.38. The van der Waals surface area contributed by atoms with Crippen LogP contribution < -0.4 is 5.32 Å². The molecule has 0 aromatic heterocycles. The lowest BCUT2D eigenvalue weighted by atomic mass is 10.1. The summed E-state index contributed by atoms with van der Waals surface area (Å²) in [6.45, 7) is 3.40. The number of carbonyl (C=O) groups excluding carboxylic acids is 1. The van der Waals surface area contributed by atoms with Crippen molar-refractivity contribution in [2.24, 2.45) is 0 Å². The predicted molar refractivity (Wildman–Crippen MR) is 68.3 cm³/mol. The number of amides is 1. The highest BCUT2D eigenvalue weighted by Crippen LogP contribution is 2.17. The van der Waals surface area contributed by atoms with Crippen LogP contribution in [0.2, 0.25) is 0 Å². The first-order valence-electron chi connectivity index (χ1n) is 5.76. The maximum Gasteiger partial charge on any atom is 0.253 e. The van der Waals surface area contributed by atoms with Crippen molar-refractivity contribution in [2.45, 2.75) is 13.3 Å². The van der Waals surface area contributed by atoms with Crippen molar-refractivity contribution < 1.29 is 9.90 Å². The van der Waals surface area contributed by atoms with Gasteiger partial charge in [0.25, 0.3) is 5.91 Å². The van der Waals surface area contributed by atoms with Gasteiger partial charge in [0.05, 0.1) is 0 Å². The maximum absolute atomic E-state index is 12.0. The Morgan fingerprint density at radius 3 is 2.76 bits per heavy atom. The molecule has 4 heteroatoms. The quantitative estimate of drug-likeness (QED) is 0.759. The average Bonchev–Trinajstić information content (AvgIpc) is 2.32. The fourth-order valence-electron chi connectivity index (χ4n) is 1.60. The highest BCUT2D eigenvalue weighted by atomic mass is 16.3. The molecular formula is C13H20N2O2. The first-order valence-corrected chi connectivity index (χ1v) is 5.76. The topological polar surface area (TPSA) is 52.6 Å². The zero-order valence-corrected chi connectivity index (χ0v) is 10.7. The normalized spacial score (nSPS) is 10.3. The standard InChI is InChI=1S/C13H20N2O2/c1-10-9-11(5-6-12(10)16)13(17)15(3)8-4-7-14-2/h5-6,9,14,16H,4,7-8H2,1-3H3. The number of nitrogens with zero attached hydrogens (tertiary/aromatic N) is 1. The first-order chi connectivity index (χ1) is 8.06. The number of nitrogens with one attached hydrogen (secondary N) is 1. The summed E-state index contributed by atoms with van der Waals surface area (Å²) in [6.07, 6.45) is 0.926. The van der Waals surface area contributed by atoms with Crippen LogP contribution in [0.3, 0.4) is 0 Å². The Balaban J connectivity index is 2.65. The molecule has 0 bridgehead atoms. The number of benzene rings is 1. The Morgan fingerprint density at radius 1 is 1.47 bits per heavy atom. The van der Waals surface area contributed by atoms with Gasteiger partial charge in [0.1, 0.15) is 5.75 Å². The Hall–Kier alpha value is -1.55. The van der Waals surface area contributed by atoms with Gasteiger partial charge in [-0.05, 0) is 50.7 Å². The molecule has 0 radical (unpaired) electrons. The molecule has 1 amide bonds. The minimum Gasteiger partial charge on any atom is -0.508 e. The molecular weight excluding hydrogens is 216 g/mol. The van der Waals surface area contributed by atoms with Gasteiger partial charge in [0, 0.05) is 19.2 Å². The van der Waals surface area contributed by atoms with Crippen LogP contribution in [-0.4, -0.2) is 43.1 Å². The van der Waals surface area contributed by atoms with E-state index in [1.54, 1.807) is 37.1 Å². The Morgan fingerprint density at radius 2 is 2.18 bits per heavy atom. The van der Waals surface area contributed by atoms with Crippen molar-refractivity contribution in [1.82, 2.24) is 10.2 Å². The minimum absolute atomic E-state index is 0.01000. The molecule has 2 N–H and O–H groups in total. The van der Waals surface area contributed by atoms with Gasteiger partial charge >= 0.3 is 0 Å². The second-order valence-corrected chi connectivity index (χ2v) is 4.19. The molecule has 17 heavy (non-hydrogen) atoms. The van der Waals surface area contributed by atoms with Crippen LogP contribution in [0, 0.1) is 6.92 Å². The zero-order valence-electron chi connectivity index (χ0n) is 10.7. The molecule has 0 heterocycles. The first kappa shape index (κ1) is 13.5. The molecule has 0 aliphatic heterocycles. The van der Waals surface area contributed by atoms with E-state index in [1.165, 1.54) is 0 Å². The number of phenols is 1. The number of carbonyl (C=O) groups is 1. The van der Waals surface area contributed by atoms with Gasteiger partial charge in [-0.15, -0.1) is 0 Å². The lowest BCUT2D eigenvalue weighted by molar-refractivity contribution is 0.0793. The van der Waals surface area contributed by atoms with Gasteiger partial charge < -0.3 is 15.3 Å². The van der Waals surface area contributed by atoms with E-state index in [4.69, 9.17) is 0 Å². The van der Waals surface area contributed by atoms with E-state index < -0.39 is 0 Å². The molecule has 1 aromatic rings. The monoisotopic (exact) mass is 236 g/mol. The number of hydrogen-bond donors (Lipinski definition) is 2. The molecule has 1 rings (SSSR count). The number of aryl methyl sites for hydroxylation is 1. The summed E-state index contributed by atoms with van der Waals surface area (Å²) < 4.78 is 0. The summed E-state index contributed by atoms with van der Waals surface area (Å²) in [7, 11) is 3.69. The summed E-state index contributed by atoms with van der Waals surface area (Å²) in [4.78, 5) is 13.7. The summed E-state index contributed by atoms with van der Waals surface area (Å²) in [5, 5.41) is 12.5. The van der Waals surface area contributed by atoms with Crippen LogP contribution in [0.1, 0.15) is 22.3 Å². The summed E-state index contributed by atoms with van der Waals surface area (Å²) >= 11 is 0. The molecule has 0 unspecified atom stereocenters.